The van der Waals surface area contributed by atoms with Crippen molar-refractivity contribution in [3.8, 4) is 0 Å². The van der Waals surface area contributed by atoms with Crippen molar-refractivity contribution in [2.45, 2.75) is 26.4 Å². The van der Waals surface area contributed by atoms with Crippen LogP contribution in [0.2, 0.25) is 0 Å². The number of hydrogen-bond acceptors (Lipinski definition) is 5. The number of aromatic nitrogens is 3. The minimum atomic E-state index is -0.631. The maximum absolute atomic E-state index is 11.6. The lowest BCUT2D eigenvalue weighted by molar-refractivity contribution is 0.0519. The predicted octanol–water partition coefficient (Wildman–Crippen LogP) is 0.522. The monoisotopic (exact) mass is 240 g/mol. The number of hydrogen-bond donors (Lipinski definition) is 1. The lowest BCUT2D eigenvalue weighted by Gasteiger charge is -2.19. The summed E-state index contributed by atoms with van der Waals surface area (Å²) in [4.78, 5) is 22.9. The third-order valence-corrected chi connectivity index (χ3v) is 1.75. The van der Waals surface area contributed by atoms with Gasteiger partial charge in [-0.2, -0.15) is 0 Å². The number of nitrogens with zero attached hydrogens (tertiary/aromatic N) is 3. The van der Waals surface area contributed by atoms with Crippen molar-refractivity contribution in [3.05, 3.63) is 12.2 Å². The molecule has 1 N–H and O–H groups in total. The Labute approximate surface area is 99.2 Å². The van der Waals surface area contributed by atoms with Crippen molar-refractivity contribution < 1.29 is 14.3 Å². The number of amides is 1. The van der Waals surface area contributed by atoms with Crippen LogP contribution in [-0.4, -0.2) is 38.8 Å². The van der Waals surface area contributed by atoms with Crippen molar-refractivity contribution in [2.24, 2.45) is 7.05 Å². The molecule has 0 unspecified atom stereocenters. The van der Waals surface area contributed by atoms with E-state index >= 15 is 0 Å². The van der Waals surface area contributed by atoms with E-state index < -0.39 is 11.7 Å². The van der Waals surface area contributed by atoms with Gasteiger partial charge in [-0.25, -0.2) is 4.79 Å². The predicted molar refractivity (Wildman–Crippen MR) is 59.6 cm³/mol. The summed E-state index contributed by atoms with van der Waals surface area (Å²) in [6.45, 7) is 5.08. The summed E-state index contributed by atoms with van der Waals surface area (Å²) in [6, 6.07) is 0. The number of alkyl carbamates (subject to hydrolysis) is 1. The number of rotatable bonds is 3. The van der Waals surface area contributed by atoms with Gasteiger partial charge in [-0.05, 0) is 20.8 Å². The van der Waals surface area contributed by atoms with E-state index in [9.17, 15) is 9.59 Å². The molecule has 17 heavy (non-hydrogen) atoms. The lowest BCUT2D eigenvalue weighted by atomic mass is 10.2. The Balaban J connectivity index is 2.45. The molecule has 0 radical (unpaired) electrons. The van der Waals surface area contributed by atoms with Crippen molar-refractivity contribution in [3.63, 3.8) is 0 Å². The molecule has 1 aromatic rings. The first-order chi connectivity index (χ1) is 7.79. The van der Waals surface area contributed by atoms with E-state index in [0.29, 0.717) is 0 Å². The molecule has 94 valence electrons. The van der Waals surface area contributed by atoms with Gasteiger partial charge in [-0.1, -0.05) is 0 Å². The van der Waals surface area contributed by atoms with Crippen LogP contribution in [0, 0.1) is 0 Å². The largest absolute Gasteiger partial charge is 0.444 e. The Kier molecular flexibility index (Phi) is 3.82. The highest BCUT2D eigenvalue weighted by Crippen LogP contribution is 2.06. The standard InChI is InChI=1S/C10H16N4O3/c1-10(2,3)17-9(16)11-5-7(15)8-13-12-6-14(8)4/h6H,5H2,1-4H3,(H,11,16). The second-order valence-corrected chi connectivity index (χ2v) is 4.54. The summed E-state index contributed by atoms with van der Waals surface area (Å²) in [6.07, 6.45) is 0.786. The molecule has 7 nitrogen and oxygen atoms in total. The Hall–Kier alpha value is -1.92. The third kappa shape index (κ3) is 4.21. The Morgan fingerprint density at radius 3 is 2.59 bits per heavy atom. The van der Waals surface area contributed by atoms with Gasteiger partial charge in [-0.15, -0.1) is 10.2 Å². The maximum atomic E-state index is 11.6. The van der Waals surface area contributed by atoms with Crippen LogP contribution in [0.25, 0.3) is 0 Å². The normalized spacial score (nSPS) is 11.1. The van der Waals surface area contributed by atoms with E-state index in [-0.39, 0.29) is 18.2 Å². The summed E-state index contributed by atoms with van der Waals surface area (Å²) in [5, 5.41) is 9.58. The van der Waals surface area contributed by atoms with Crippen LogP contribution >= 0.6 is 0 Å². The Bertz CT molecular complexity index is 419. The number of aryl methyl sites for hydroxylation is 1. The molecule has 1 amide bonds. The van der Waals surface area contributed by atoms with Gasteiger partial charge in [0.05, 0.1) is 6.54 Å². The van der Waals surface area contributed by atoms with Crippen LogP contribution in [0.15, 0.2) is 6.33 Å². The first-order valence-electron chi connectivity index (χ1n) is 5.13. The van der Waals surface area contributed by atoms with Crippen LogP contribution < -0.4 is 5.32 Å². The van der Waals surface area contributed by atoms with E-state index in [1.807, 2.05) is 0 Å². The molecule has 0 aliphatic rings. The zero-order valence-corrected chi connectivity index (χ0v) is 10.4. The Morgan fingerprint density at radius 1 is 1.47 bits per heavy atom. The highest BCUT2D eigenvalue weighted by atomic mass is 16.6. The molecule has 0 saturated heterocycles. The number of Topliss-reactive ketones (excluding diaryl/α,β-unsaturated/α-hetero) is 1. The zero-order valence-electron chi connectivity index (χ0n) is 10.4. The van der Waals surface area contributed by atoms with Gasteiger partial charge in [0, 0.05) is 7.05 Å². The second kappa shape index (κ2) is 4.94. The third-order valence-electron chi connectivity index (χ3n) is 1.75. The summed E-state index contributed by atoms with van der Waals surface area (Å²) in [5.74, 6) is -0.128. The average molecular weight is 240 g/mol. The fraction of sp³-hybridized carbons (Fsp3) is 0.600. The van der Waals surface area contributed by atoms with Crippen molar-refractivity contribution >= 4 is 11.9 Å². The van der Waals surface area contributed by atoms with Crippen molar-refractivity contribution in [1.29, 1.82) is 0 Å². The van der Waals surface area contributed by atoms with Crippen molar-refractivity contribution in [1.82, 2.24) is 20.1 Å². The molecule has 0 fully saturated rings. The van der Waals surface area contributed by atoms with Crippen LogP contribution in [-0.2, 0) is 11.8 Å². The summed E-state index contributed by atoms with van der Waals surface area (Å²) in [5.41, 5.74) is -0.585. The average Bonchev–Trinajstić information content (AvgIpc) is 2.58. The first kappa shape index (κ1) is 13.1. The summed E-state index contributed by atoms with van der Waals surface area (Å²) in [7, 11) is 1.65. The lowest BCUT2D eigenvalue weighted by Crippen LogP contribution is -2.36. The molecule has 7 heteroatoms. The summed E-state index contributed by atoms with van der Waals surface area (Å²) >= 11 is 0. The van der Waals surface area contributed by atoms with Crippen LogP contribution in [0.4, 0.5) is 4.79 Å². The number of carbonyl (C=O) groups is 2. The molecule has 0 spiro atoms. The minimum absolute atomic E-state index is 0.165. The molecule has 1 aromatic heterocycles. The van der Waals surface area contributed by atoms with E-state index in [1.165, 1.54) is 10.9 Å². The molecule has 0 atom stereocenters. The highest BCUT2D eigenvalue weighted by Gasteiger charge is 2.18. The molecule has 0 aliphatic carbocycles. The van der Waals surface area contributed by atoms with Gasteiger partial charge in [-0.3, -0.25) is 4.79 Å². The molecule has 1 rings (SSSR count). The molecular weight excluding hydrogens is 224 g/mol. The van der Waals surface area contributed by atoms with Gasteiger partial charge >= 0.3 is 6.09 Å². The topological polar surface area (TPSA) is 86.1 Å². The maximum Gasteiger partial charge on any atom is 0.408 e. The number of ketones is 1. The zero-order chi connectivity index (χ0) is 13.1. The van der Waals surface area contributed by atoms with Crippen LogP contribution in [0.1, 0.15) is 31.4 Å². The fourth-order valence-corrected chi connectivity index (χ4v) is 1.08. The van der Waals surface area contributed by atoms with E-state index in [2.05, 4.69) is 15.5 Å². The number of ether oxygens (including phenoxy) is 1. The quantitative estimate of drug-likeness (QED) is 0.778. The molecule has 0 bridgehead atoms. The van der Waals surface area contributed by atoms with Crippen LogP contribution in [0.5, 0.6) is 0 Å². The number of nitrogens with one attached hydrogen (secondary N) is 1. The molecule has 0 aliphatic heterocycles. The van der Waals surface area contributed by atoms with E-state index in [1.54, 1.807) is 27.8 Å². The SMILES string of the molecule is Cn1cnnc1C(=O)CNC(=O)OC(C)(C)C. The molecule has 0 saturated carbocycles. The highest BCUT2D eigenvalue weighted by molar-refractivity contribution is 5.95. The fourth-order valence-electron chi connectivity index (χ4n) is 1.08. The van der Waals surface area contributed by atoms with Crippen molar-refractivity contribution in [2.75, 3.05) is 6.54 Å². The van der Waals surface area contributed by atoms with Crippen LogP contribution in [0.3, 0.4) is 0 Å². The van der Waals surface area contributed by atoms with E-state index in [4.69, 9.17) is 4.74 Å². The molecule has 1 heterocycles. The van der Waals surface area contributed by atoms with Gasteiger partial charge < -0.3 is 14.6 Å². The van der Waals surface area contributed by atoms with E-state index in [0.717, 1.165) is 0 Å². The molecular formula is C10H16N4O3. The summed E-state index contributed by atoms with van der Waals surface area (Å²) < 4.78 is 6.48. The number of carbonyl (C=O) groups excluding carboxylic acids is 2. The Morgan fingerprint density at radius 2 is 2.12 bits per heavy atom. The van der Waals surface area contributed by atoms with Gasteiger partial charge in [0.2, 0.25) is 11.6 Å². The molecule has 0 aromatic carbocycles. The minimum Gasteiger partial charge on any atom is -0.444 e. The second-order valence-electron chi connectivity index (χ2n) is 4.54. The first-order valence-corrected chi connectivity index (χ1v) is 5.13. The van der Waals surface area contributed by atoms with Gasteiger partial charge in [0.25, 0.3) is 0 Å². The van der Waals surface area contributed by atoms with Gasteiger partial charge in [0.15, 0.2) is 0 Å². The smallest absolute Gasteiger partial charge is 0.408 e. The van der Waals surface area contributed by atoms with Gasteiger partial charge in [0.1, 0.15) is 11.9 Å².